The minimum Gasteiger partial charge on any atom is -0.298 e. The van der Waals surface area contributed by atoms with Crippen molar-refractivity contribution < 1.29 is 9.18 Å². The normalized spacial score (nSPS) is 10.3. The smallest absolute Gasteiger partial charge is 0.269 e. The fourth-order valence-corrected chi connectivity index (χ4v) is 1.95. The number of fused-ring (bicyclic) bond motifs is 1. The van der Waals surface area contributed by atoms with Gasteiger partial charge in [0.25, 0.3) is 5.91 Å². The molecule has 0 aliphatic heterocycles. The van der Waals surface area contributed by atoms with Gasteiger partial charge in [0, 0.05) is 17.1 Å². The Kier molecular flexibility index (Phi) is 3.47. The van der Waals surface area contributed by atoms with E-state index in [4.69, 9.17) is 0 Å². The number of halogens is 1. The molecule has 2 aromatic carbocycles. The van der Waals surface area contributed by atoms with Gasteiger partial charge < -0.3 is 0 Å². The highest BCUT2D eigenvalue weighted by molar-refractivity contribution is 5.98. The molecule has 0 unspecified atom stereocenters. The molecule has 104 valence electrons. The maximum Gasteiger partial charge on any atom is 0.269 e. The molecule has 1 amide bonds. The Bertz CT molecular complexity index is 787. The van der Waals surface area contributed by atoms with Gasteiger partial charge in [-0.1, -0.05) is 6.07 Å². The van der Waals surface area contributed by atoms with Crippen LogP contribution in [0.3, 0.4) is 0 Å². The fourth-order valence-electron chi connectivity index (χ4n) is 1.95. The minimum absolute atomic E-state index is 0.273. The molecular weight excluding hydrogens is 269 g/mol. The quantitative estimate of drug-likeness (QED) is 0.725. The SMILES string of the molecule is O=C(NNc1ccc(F)cc1)c1ccc2ncccc2c1. The summed E-state index contributed by atoms with van der Waals surface area (Å²) in [5.41, 5.74) is 7.26. The zero-order valence-electron chi connectivity index (χ0n) is 11.0. The minimum atomic E-state index is -0.325. The lowest BCUT2D eigenvalue weighted by atomic mass is 10.1. The number of pyridine rings is 1. The summed E-state index contributed by atoms with van der Waals surface area (Å²) in [5.74, 6) is -0.598. The molecule has 0 radical (unpaired) electrons. The van der Waals surface area contributed by atoms with Gasteiger partial charge in [-0.3, -0.25) is 20.6 Å². The number of carbonyl (C=O) groups is 1. The van der Waals surface area contributed by atoms with E-state index in [9.17, 15) is 9.18 Å². The van der Waals surface area contributed by atoms with Crippen molar-refractivity contribution in [1.82, 2.24) is 10.4 Å². The first-order valence-corrected chi connectivity index (χ1v) is 6.39. The van der Waals surface area contributed by atoms with E-state index in [1.165, 1.54) is 12.1 Å². The van der Waals surface area contributed by atoms with E-state index in [0.29, 0.717) is 11.3 Å². The predicted molar refractivity (Wildman–Crippen MR) is 79.2 cm³/mol. The predicted octanol–water partition coefficient (Wildman–Crippen LogP) is 3.13. The van der Waals surface area contributed by atoms with Gasteiger partial charge >= 0.3 is 0 Å². The highest BCUT2D eigenvalue weighted by atomic mass is 19.1. The van der Waals surface area contributed by atoms with Crippen LogP contribution >= 0.6 is 0 Å². The molecule has 1 heterocycles. The van der Waals surface area contributed by atoms with Crippen molar-refractivity contribution in [3.63, 3.8) is 0 Å². The molecule has 4 nitrogen and oxygen atoms in total. The molecule has 2 N–H and O–H groups in total. The lowest BCUT2D eigenvalue weighted by Crippen LogP contribution is -2.29. The molecule has 21 heavy (non-hydrogen) atoms. The van der Waals surface area contributed by atoms with Crippen LogP contribution in [0.2, 0.25) is 0 Å². The number of hydrogen-bond acceptors (Lipinski definition) is 3. The Hall–Kier alpha value is -2.95. The molecule has 0 atom stereocenters. The summed E-state index contributed by atoms with van der Waals surface area (Å²) >= 11 is 0. The molecule has 3 rings (SSSR count). The van der Waals surface area contributed by atoms with Crippen molar-refractivity contribution in [3.8, 4) is 0 Å². The van der Waals surface area contributed by atoms with E-state index < -0.39 is 0 Å². The number of hydrazine groups is 1. The third kappa shape index (κ3) is 2.97. The standard InChI is InChI=1S/C16H12FN3O/c17-13-4-6-14(7-5-13)19-20-16(21)12-3-8-15-11(10-12)2-1-9-18-15/h1-10,19H,(H,20,21). The molecule has 0 fully saturated rings. The molecular formula is C16H12FN3O. The third-order valence-electron chi connectivity index (χ3n) is 3.03. The van der Waals surface area contributed by atoms with Crippen molar-refractivity contribution in [2.75, 3.05) is 5.43 Å². The first kappa shape index (κ1) is 13.1. The van der Waals surface area contributed by atoms with E-state index in [-0.39, 0.29) is 11.7 Å². The van der Waals surface area contributed by atoms with E-state index in [0.717, 1.165) is 10.9 Å². The van der Waals surface area contributed by atoms with Crippen LogP contribution in [0.1, 0.15) is 10.4 Å². The highest BCUT2D eigenvalue weighted by Crippen LogP contribution is 2.13. The number of amides is 1. The molecule has 0 bridgehead atoms. The molecule has 1 aromatic heterocycles. The molecule has 0 aliphatic rings. The second-order valence-electron chi connectivity index (χ2n) is 4.50. The summed E-state index contributed by atoms with van der Waals surface area (Å²) in [6.07, 6.45) is 1.71. The van der Waals surface area contributed by atoms with Gasteiger partial charge in [-0.25, -0.2) is 4.39 Å². The van der Waals surface area contributed by atoms with Gasteiger partial charge in [-0.2, -0.15) is 0 Å². The first-order chi connectivity index (χ1) is 10.2. The molecule has 0 saturated heterocycles. The summed E-state index contributed by atoms with van der Waals surface area (Å²) in [6.45, 7) is 0. The van der Waals surface area contributed by atoms with E-state index >= 15 is 0 Å². The highest BCUT2D eigenvalue weighted by Gasteiger charge is 2.06. The Balaban J connectivity index is 1.73. The molecule has 0 saturated carbocycles. The van der Waals surface area contributed by atoms with Crippen LogP contribution in [0.5, 0.6) is 0 Å². The second kappa shape index (κ2) is 5.58. The van der Waals surface area contributed by atoms with Gasteiger partial charge in [0.15, 0.2) is 0 Å². The number of rotatable bonds is 3. The average molecular weight is 281 g/mol. The second-order valence-corrected chi connectivity index (χ2v) is 4.50. The molecule has 0 aliphatic carbocycles. The Labute approximate surface area is 120 Å². The monoisotopic (exact) mass is 281 g/mol. The molecule has 5 heteroatoms. The van der Waals surface area contributed by atoms with Crippen LogP contribution in [0.15, 0.2) is 60.8 Å². The van der Waals surface area contributed by atoms with Crippen molar-refractivity contribution in [1.29, 1.82) is 0 Å². The number of aromatic nitrogens is 1. The number of benzene rings is 2. The lowest BCUT2D eigenvalue weighted by Gasteiger charge is -2.09. The molecule has 3 aromatic rings. The van der Waals surface area contributed by atoms with E-state index in [1.807, 2.05) is 12.1 Å². The zero-order chi connectivity index (χ0) is 14.7. The van der Waals surface area contributed by atoms with Gasteiger partial charge in [0.1, 0.15) is 5.82 Å². The third-order valence-corrected chi connectivity index (χ3v) is 3.03. The van der Waals surface area contributed by atoms with Crippen LogP contribution in [0, 0.1) is 5.82 Å². The van der Waals surface area contributed by atoms with Gasteiger partial charge in [-0.05, 0) is 48.5 Å². The Morgan fingerprint density at radius 1 is 1.05 bits per heavy atom. The van der Waals surface area contributed by atoms with Crippen LogP contribution in [0.4, 0.5) is 10.1 Å². The van der Waals surface area contributed by atoms with Crippen LogP contribution < -0.4 is 10.9 Å². The maximum absolute atomic E-state index is 12.8. The fraction of sp³-hybridized carbons (Fsp3) is 0. The summed E-state index contributed by atoms with van der Waals surface area (Å²) in [5, 5.41) is 0.895. The van der Waals surface area contributed by atoms with E-state index in [1.54, 1.807) is 36.5 Å². The number of nitrogens with one attached hydrogen (secondary N) is 2. The van der Waals surface area contributed by atoms with Crippen LogP contribution in [0.25, 0.3) is 10.9 Å². The number of anilines is 1. The average Bonchev–Trinajstić information content (AvgIpc) is 2.53. The summed E-state index contributed by atoms with van der Waals surface area (Å²) in [6, 6.07) is 14.7. The topological polar surface area (TPSA) is 54.0 Å². The molecule has 0 spiro atoms. The Morgan fingerprint density at radius 2 is 1.86 bits per heavy atom. The lowest BCUT2D eigenvalue weighted by molar-refractivity contribution is 0.0963. The van der Waals surface area contributed by atoms with Crippen molar-refractivity contribution in [3.05, 3.63) is 72.2 Å². The largest absolute Gasteiger partial charge is 0.298 e. The van der Waals surface area contributed by atoms with Gasteiger partial charge in [0.2, 0.25) is 0 Å². The van der Waals surface area contributed by atoms with Crippen molar-refractivity contribution in [2.24, 2.45) is 0 Å². The summed E-state index contributed by atoms with van der Waals surface area (Å²) in [4.78, 5) is 16.3. The number of hydrogen-bond donors (Lipinski definition) is 2. The van der Waals surface area contributed by atoms with Crippen LogP contribution in [-0.4, -0.2) is 10.9 Å². The van der Waals surface area contributed by atoms with Crippen molar-refractivity contribution in [2.45, 2.75) is 0 Å². The number of nitrogens with zero attached hydrogens (tertiary/aromatic N) is 1. The first-order valence-electron chi connectivity index (χ1n) is 6.39. The summed E-state index contributed by atoms with van der Waals surface area (Å²) in [7, 11) is 0. The Morgan fingerprint density at radius 3 is 2.67 bits per heavy atom. The zero-order valence-corrected chi connectivity index (χ0v) is 11.0. The maximum atomic E-state index is 12.8. The van der Waals surface area contributed by atoms with Crippen LogP contribution in [-0.2, 0) is 0 Å². The van der Waals surface area contributed by atoms with Crippen molar-refractivity contribution >= 4 is 22.5 Å². The summed E-state index contributed by atoms with van der Waals surface area (Å²) < 4.78 is 12.8. The van der Waals surface area contributed by atoms with Gasteiger partial charge in [-0.15, -0.1) is 0 Å². The van der Waals surface area contributed by atoms with E-state index in [2.05, 4.69) is 15.8 Å². The number of carbonyl (C=O) groups excluding carboxylic acids is 1. The van der Waals surface area contributed by atoms with Gasteiger partial charge in [0.05, 0.1) is 11.2 Å².